The van der Waals surface area contributed by atoms with E-state index in [2.05, 4.69) is 17.6 Å². The fourth-order valence-corrected chi connectivity index (χ4v) is 1.66. The minimum atomic E-state index is -0.435. The molecule has 5 heteroatoms. The summed E-state index contributed by atoms with van der Waals surface area (Å²) in [6.07, 6.45) is 6.19. The normalized spacial score (nSPS) is 11.9. The molecule has 0 aromatic carbocycles. The van der Waals surface area contributed by atoms with E-state index in [4.69, 9.17) is 5.73 Å². The molecule has 0 spiro atoms. The van der Waals surface area contributed by atoms with Gasteiger partial charge >= 0.3 is 0 Å². The van der Waals surface area contributed by atoms with Gasteiger partial charge in [0.1, 0.15) is 0 Å². The zero-order chi connectivity index (χ0) is 13.8. The smallest absolute Gasteiger partial charge is 0.236 e. The van der Waals surface area contributed by atoms with Crippen LogP contribution in [0, 0.1) is 0 Å². The molecule has 0 rings (SSSR count). The molecule has 0 unspecified atom stereocenters. The molecular weight excluding hydrogens is 230 g/mol. The summed E-state index contributed by atoms with van der Waals surface area (Å²) in [4.78, 5) is 22.5. The summed E-state index contributed by atoms with van der Waals surface area (Å²) in [6, 6.07) is -0.435. The van der Waals surface area contributed by atoms with E-state index in [1.807, 2.05) is 0 Å². The van der Waals surface area contributed by atoms with Crippen LogP contribution in [0.5, 0.6) is 0 Å². The number of rotatable bonds is 10. The number of carbonyl (C=O) groups is 2. The molecule has 106 valence electrons. The SMILES string of the molecule is CCCCCC(=O)NCCCC[C@H](N)C(=O)NC. The average Bonchev–Trinajstić information content (AvgIpc) is 2.37. The molecule has 2 amide bonds. The van der Waals surface area contributed by atoms with Gasteiger partial charge < -0.3 is 16.4 Å². The second-order valence-electron chi connectivity index (χ2n) is 4.52. The first-order chi connectivity index (χ1) is 8.61. The summed E-state index contributed by atoms with van der Waals surface area (Å²) in [7, 11) is 1.58. The predicted octanol–water partition coefficient (Wildman–Crippen LogP) is 0.927. The van der Waals surface area contributed by atoms with Gasteiger partial charge in [0.25, 0.3) is 0 Å². The second-order valence-corrected chi connectivity index (χ2v) is 4.52. The van der Waals surface area contributed by atoms with Crippen LogP contribution in [0.15, 0.2) is 0 Å². The highest BCUT2D eigenvalue weighted by Crippen LogP contribution is 2.00. The van der Waals surface area contributed by atoms with E-state index in [9.17, 15) is 9.59 Å². The highest BCUT2D eigenvalue weighted by atomic mass is 16.2. The Labute approximate surface area is 110 Å². The molecule has 0 aromatic heterocycles. The standard InChI is InChI=1S/C13H27N3O2/c1-3-4-5-9-12(17)16-10-7-6-8-11(14)13(18)15-2/h11H,3-10,14H2,1-2H3,(H,15,18)(H,16,17)/t11-/m0/s1. The number of nitrogens with two attached hydrogens (primary N) is 1. The lowest BCUT2D eigenvalue weighted by Gasteiger charge is -2.09. The zero-order valence-corrected chi connectivity index (χ0v) is 11.6. The maximum absolute atomic E-state index is 11.4. The molecule has 0 aliphatic rings. The summed E-state index contributed by atoms with van der Waals surface area (Å²) in [6.45, 7) is 2.79. The van der Waals surface area contributed by atoms with Crippen molar-refractivity contribution in [3.05, 3.63) is 0 Å². The van der Waals surface area contributed by atoms with E-state index < -0.39 is 6.04 Å². The molecule has 0 heterocycles. The number of hydrogen-bond acceptors (Lipinski definition) is 3. The first-order valence-electron chi connectivity index (χ1n) is 6.85. The summed E-state index contributed by atoms with van der Waals surface area (Å²) in [5, 5.41) is 5.40. The minimum absolute atomic E-state index is 0.124. The van der Waals surface area contributed by atoms with Crippen molar-refractivity contribution in [1.82, 2.24) is 10.6 Å². The summed E-state index contributed by atoms with van der Waals surface area (Å²) in [5.74, 6) is -0.00218. The van der Waals surface area contributed by atoms with Crippen molar-refractivity contribution in [3.63, 3.8) is 0 Å². The van der Waals surface area contributed by atoms with E-state index in [0.717, 1.165) is 32.1 Å². The van der Waals surface area contributed by atoms with Crippen molar-refractivity contribution >= 4 is 11.8 Å². The molecule has 0 saturated carbocycles. The molecule has 0 aliphatic heterocycles. The highest BCUT2D eigenvalue weighted by Gasteiger charge is 2.10. The lowest BCUT2D eigenvalue weighted by Crippen LogP contribution is -2.38. The molecule has 0 saturated heterocycles. The molecule has 0 bridgehead atoms. The first-order valence-corrected chi connectivity index (χ1v) is 6.85. The molecule has 0 aromatic rings. The molecule has 1 atom stereocenters. The molecule has 5 nitrogen and oxygen atoms in total. The van der Waals surface area contributed by atoms with Crippen LogP contribution in [-0.4, -0.2) is 31.4 Å². The Bertz CT molecular complexity index is 244. The van der Waals surface area contributed by atoms with Gasteiger partial charge in [0, 0.05) is 20.0 Å². The average molecular weight is 257 g/mol. The minimum Gasteiger partial charge on any atom is -0.358 e. The third-order valence-corrected chi connectivity index (χ3v) is 2.85. The van der Waals surface area contributed by atoms with Crippen molar-refractivity contribution in [1.29, 1.82) is 0 Å². The molecule has 0 aliphatic carbocycles. The predicted molar refractivity (Wildman–Crippen MR) is 73.0 cm³/mol. The molecule has 0 fully saturated rings. The van der Waals surface area contributed by atoms with Crippen molar-refractivity contribution in [3.8, 4) is 0 Å². The number of amides is 2. The van der Waals surface area contributed by atoms with Gasteiger partial charge in [0.05, 0.1) is 6.04 Å². The highest BCUT2D eigenvalue weighted by molar-refractivity contribution is 5.81. The fraction of sp³-hybridized carbons (Fsp3) is 0.846. The first kappa shape index (κ1) is 16.9. The van der Waals surface area contributed by atoms with Crippen molar-refractivity contribution in [2.75, 3.05) is 13.6 Å². The van der Waals surface area contributed by atoms with Crippen LogP contribution in [0.1, 0.15) is 51.9 Å². The maximum Gasteiger partial charge on any atom is 0.236 e. The van der Waals surface area contributed by atoms with Gasteiger partial charge in [-0.2, -0.15) is 0 Å². The van der Waals surface area contributed by atoms with E-state index in [1.54, 1.807) is 7.05 Å². The van der Waals surface area contributed by atoms with Gasteiger partial charge in [0.15, 0.2) is 0 Å². The van der Waals surface area contributed by atoms with Crippen LogP contribution >= 0.6 is 0 Å². The molecule has 18 heavy (non-hydrogen) atoms. The molecule has 0 radical (unpaired) electrons. The molecular formula is C13H27N3O2. The van der Waals surface area contributed by atoms with Crippen LogP contribution < -0.4 is 16.4 Å². The van der Waals surface area contributed by atoms with Gasteiger partial charge in [-0.25, -0.2) is 0 Å². The number of nitrogens with one attached hydrogen (secondary N) is 2. The van der Waals surface area contributed by atoms with Gasteiger partial charge in [-0.3, -0.25) is 9.59 Å². The Morgan fingerprint density at radius 2 is 1.89 bits per heavy atom. The third-order valence-electron chi connectivity index (χ3n) is 2.85. The summed E-state index contributed by atoms with van der Waals surface area (Å²) in [5.41, 5.74) is 5.65. The van der Waals surface area contributed by atoms with Gasteiger partial charge in [-0.1, -0.05) is 19.8 Å². The van der Waals surface area contributed by atoms with Crippen molar-refractivity contribution < 1.29 is 9.59 Å². The number of likely N-dealkylation sites (N-methyl/N-ethyl adjacent to an activating group) is 1. The van der Waals surface area contributed by atoms with Crippen LogP contribution in [0.2, 0.25) is 0 Å². The van der Waals surface area contributed by atoms with Crippen LogP contribution in [0.25, 0.3) is 0 Å². The molecule has 4 N–H and O–H groups in total. The number of hydrogen-bond donors (Lipinski definition) is 3. The van der Waals surface area contributed by atoms with Gasteiger partial charge in [0.2, 0.25) is 11.8 Å². The van der Waals surface area contributed by atoms with Crippen LogP contribution in [0.3, 0.4) is 0 Å². The van der Waals surface area contributed by atoms with E-state index >= 15 is 0 Å². The van der Waals surface area contributed by atoms with Gasteiger partial charge in [-0.05, 0) is 25.7 Å². The largest absolute Gasteiger partial charge is 0.358 e. The number of carbonyl (C=O) groups excluding carboxylic acids is 2. The fourth-order valence-electron chi connectivity index (χ4n) is 1.66. The van der Waals surface area contributed by atoms with Crippen LogP contribution in [-0.2, 0) is 9.59 Å². The Kier molecular flexibility index (Phi) is 10.3. The summed E-state index contributed by atoms with van der Waals surface area (Å²) < 4.78 is 0. The summed E-state index contributed by atoms with van der Waals surface area (Å²) >= 11 is 0. The number of unbranched alkanes of at least 4 members (excludes halogenated alkanes) is 3. The van der Waals surface area contributed by atoms with Crippen molar-refractivity contribution in [2.24, 2.45) is 5.73 Å². The van der Waals surface area contributed by atoms with Gasteiger partial charge in [-0.15, -0.1) is 0 Å². The topological polar surface area (TPSA) is 84.2 Å². The Morgan fingerprint density at radius 3 is 2.50 bits per heavy atom. The van der Waals surface area contributed by atoms with Crippen molar-refractivity contribution in [2.45, 2.75) is 57.9 Å². The monoisotopic (exact) mass is 257 g/mol. The Hall–Kier alpha value is -1.10. The zero-order valence-electron chi connectivity index (χ0n) is 11.6. The quantitative estimate of drug-likeness (QED) is 0.509. The third kappa shape index (κ3) is 8.98. The van der Waals surface area contributed by atoms with E-state index in [0.29, 0.717) is 19.4 Å². The second kappa shape index (κ2) is 11.0. The van der Waals surface area contributed by atoms with Crippen LogP contribution in [0.4, 0.5) is 0 Å². The Morgan fingerprint density at radius 1 is 1.17 bits per heavy atom. The van der Waals surface area contributed by atoms with E-state index in [-0.39, 0.29) is 11.8 Å². The Balaban J connectivity index is 3.39. The lowest BCUT2D eigenvalue weighted by molar-refractivity contribution is -0.122. The lowest BCUT2D eigenvalue weighted by atomic mass is 10.1. The van der Waals surface area contributed by atoms with E-state index in [1.165, 1.54) is 0 Å². The maximum atomic E-state index is 11.4.